The molecule has 1 rings (SSSR count). The fraction of sp³-hybridized carbons (Fsp3) is 0.462. The number of benzene rings is 1. The lowest BCUT2D eigenvalue weighted by molar-refractivity contribution is 0.0944. The third kappa shape index (κ3) is 5.50. The zero-order valence-electron chi connectivity index (χ0n) is 10.3. The molecule has 5 heteroatoms. The maximum Gasteiger partial charge on any atom is 0.252 e. The molecule has 0 aliphatic rings. The van der Waals surface area contributed by atoms with E-state index < -0.39 is 0 Å². The van der Waals surface area contributed by atoms with Gasteiger partial charge in [-0.1, -0.05) is 22.0 Å². The van der Waals surface area contributed by atoms with Gasteiger partial charge in [0.2, 0.25) is 0 Å². The summed E-state index contributed by atoms with van der Waals surface area (Å²) in [5.41, 5.74) is 1.79. The van der Waals surface area contributed by atoms with Gasteiger partial charge in [0.15, 0.2) is 0 Å². The van der Waals surface area contributed by atoms with Crippen molar-refractivity contribution in [3.63, 3.8) is 0 Å². The average molecular weight is 379 g/mol. The van der Waals surface area contributed by atoms with E-state index in [1.54, 1.807) is 0 Å². The molecular formula is C13H17Br2NO2. The van der Waals surface area contributed by atoms with Crippen LogP contribution in [0.2, 0.25) is 0 Å². The first kappa shape index (κ1) is 15.7. The summed E-state index contributed by atoms with van der Waals surface area (Å²) in [6.07, 6.45) is 0.822. The highest BCUT2D eigenvalue weighted by Crippen LogP contribution is 2.18. The predicted molar refractivity (Wildman–Crippen MR) is 80.4 cm³/mol. The summed E-state index contributed by atoms with van der Waals surface area (Å²) in [5.74, 6) is -0.0534. The Balaban J connectivity index is 2.32. The van der Waals surface area contributed by atoms with Crippen LogP contribution in [0.5, 0.6) is 0 Å². The van der Waals surface area contributed by atoms with Gasteiger partial charge in [-0.25, -0.2) is 0 Å². The van der Waals surface area contributed by atoms with E-state index >= 15 is 0 Å². The van der Waals surface area contributed by atoms with Crippen molar-refractivity contribution >= 4 is 37.8 Å². The minimum Gasteiger partial charge on any atom is -0.381 e. The van der Waals surface area contributed by atoms with E-state index in [1.807, 2.05) is 25.1 Å². The molecule has 0 bridgehead atoms. The molecule has 0 spiro atoms. The molecule has 0 radical (unpaired) electrons. The van der Waals surface area contributed by atoms with E-state index in [0.717, 1.165) is 21.8 Å². The molecule has 0 saturated carbocycles. The summed E-state index contributed by atoms with van der Waals surface area (Å²) >= 11 is 6.69. The number of amides is 1. The molecule has 18 heavy (non-hydrogen) atoms. The van der Waals surface area contributed by atoms with Gasteiger partial charge in [0.1, 0.15) is 0 Å². The summed E-state index contributed by atoms with van der Waals surface area (Å²) < 4.78 is 6.13. The first-order valence-electron chi connectivity index (χ1n) is 5.83. The number of rotatable bonds is 7. The second-order valence-electron chi connectivity index (χ2n) is 3.89. The minimum absolute atomic E-state index is 0.0534. The van der Waals surface area contributed by atoms with Crippen LogP contribution in [-0.4, -0.2) is 31.0 Å². The largest absolute Gasteiger partial charge is 0.381 e. The van der Waals surface area contributed by atoms with Gasteiger partial charge in [0.05, 0.1) is 12.2 Å². The molecule has 1 aromatic carbocycles. The van der Waals surface area contributed by atoms with Gasteiger partial charge in [0.25, 0.3) is 5.91 Å². The number of halogens is 2. The monoisotopic (exact) mass is 377 g/mol. The van der Waals surface area contributed by atoms with Crippen LogP contribution >= 0.6 is 31.9 Å². The van der Waals surface area contributed by atoms with Crippen molar-refractivity contribution in [3.05, 3.63) is 33.8 Å². The fourth-order valence-electron chi connectivity index (χ4n) is 1.43. The molecule has 0 atom stereocenters. The van der Waals surface area contributed by atoms with Gasteiger partial charge in [-0.2, -0.15) is 0 Å². The fourth-order valence-corrected chi connectivity index (χ4v) is 2.33. The van der Waals surface area contributed by atoms with Crippen LogP contribution in [0.4, 0.5) is 0 Å². The molecule has 1 amide bonds. The molecule has 1 N–H and O–H groups in total. The van der Waals surface area contributed by atoms with Crippen molar-refractivity contribution in [1.29, 1.82) is 0 Å². The summed E-state index contributed by atoms with van der Waals surface area (Å²) in [4.78, 5) is 11.9. The first-order chi connectivity index (χ1) is 8.65. The van der Waals surface area contributed by atoms with Crippen molar-refractivity contribution in [1.82, 2.24) is 5.32 Å². The Morgan fingerprint density at radius 2 is 2.17 bits per heavy atom. The number of carbonyl (C=O) groups excluding carboxylic acids is 1. The molecular weight excluding hydrogens is 362 g/mol. The normalized spacial score (nSPS) is 10.4. The molecule has 0 heterocycles. The molecule has 0 aromatic heterocycles. The van der Waals surface area contributed by atoms with E-state index in [-0.39, 0.29) is 5.91 Å². The lowest BCUT2D eigenvalue weighted by Gasteiger charge is -2.07. The van der Waals surface area contributed by atoms with Gasteiger partial charge in [-0.15, -0.1) is 0 Å². The van der Waals surface area contributed by atoms with E-state index in [2.05, 4.69) is 37.2 Å². The van der Waals surface area contributed by atoms with Gasteiger partial charge in [0, 0.05) is 23.0 Å². The Hall–Kier alpha value is -0.390. The van der Waals surface area contributed by atoms with Gasteiger partial charge in [-0.3, -0.25) is 4.79 Å². The quantitative estimate of drug-likeness (QED) is 0.584. The van der Waals surface area contributed by atoms with Gasteiger partial charge < -0.3 is 10.1 Å². The highest BCUT2D eigenvalue weighted by atomic mass is 79.9. The molecule has 3 nitrogen and oxygen atoms in total. The van der Waals surface area contributed by atoms with Crippen LogP contribution in [0.3, 0.4) is 0 Å². The third-order valence-electron chi connectivity index (χ3n) is 2.34. The van der Waals surface area contributed by atoms with Crippen molar-refractivity contribution in [3.8, 4) is 0 Å². The lowest BCUT2D eigenvalue weighted by atomic mass is 10.1. The number of hydrogen-bond acceptors (Lipinski definition) is 2. The number of ether oxygens (including phenoxy) is 1. The second kappa shape index (κ2) is 8.67. The SMILES string of the molecule is Cc1ccc(C(=O)NCCCOCCBr)c(Br)c1. The van der Waals surface area contributed by atoms with E-state index in [9.17, 15) is 4.79 Å². The lowest BCUT2D eigenvalue weighted by Crippen LogP contribution is -2.25. The van der Waals surface area contributed by atoms with E-state index in [0.29, 0.717) is 25.3 Å². The number of aryl methyl sites for hydroxylation is 1. The molecule has 0 unspecified atom stereocenters. The Morgan fingerprint density at radius 3 is 2.83 bits per heavy atom. The van der Waals surface area contributed by atoms with E-state index in [1.165, 1.54) is 0 Å². The number of alkyl halides is 1. The first-order valence-corrected chi connectivity index (χ1v) is 7.74. The minimum atomic E-state index is -0.0534. The standard InChI is InChI=1S/C13H17Br2NO2/c1-10-3-4-11(12(15)9-10)13(17)16-6-2-7-18-8-5-14/h3-4,9H,2,5-8H2,1H3,(H,16,17). The zero-order valence-corrected chi connectivity index (χ0v) is 13.5. The zero-order chi connectivity index (χ0) is 13.4. The number of carbonyl (C=O) groups is 1. The Morgan fingerprint density at radius 1 is 1.39 bits per heavy atom. The van der Waals surface area contributed by atoms with Crippen LogP contribution in [0, 0.1) is 6.92 Å². The summed E-state index contributed by atoms with van der Waals surface area (Å²) in [6, 6.07) is 5.70. The molecule has 0 saturated heterocycles. The third-order valence-corrected chi connectivity index (χ3v) is 3.32. The maximum atomic E-state index is 11.9. The van der Waals surface area contributed by atoms with Crippen LogP contribution in [0.25, 0.3) is 0 Å². The predicted octanol–water partition coefficient (Wildman–Crippen LogP) is 3.29. The average Bonchev–Trinajstić information content (AvgIpc) is 2.33. The summed E-state index contributed by atoms with van der Waals surface area (Å²) in [6.45, 7) is 3.99. The van der Waals surface area contributed by atoms with Crippen molar-refractivity contribution < 1.29 is 9.53 Å². The summed E-state index contributed by atoms with van der Waals surface area (Å²) in [5, 5.41) is 3.72. The molecule has 0 aliphatic heterocycles. The Labute approximate surface area is 125 Å². The van der Waals surface area contributed by atoms with Crippen LogP contribution in [0.1, 0.15) is 22.3 Å². The van der Waals surface area contributed by atoms with Gasteiger partial charge in [-0.05, 0) is 47.0 Å². The van der Waals surface area contributed by atoms with E-state index in [4.69, 9.17) is 4.74 Å². The highest BCUT2D eigenvalue weighted by Gasteiger charge is 2.08. The number of hydrogen-bond donors (Lipinski definition) is 1. The smallest absolute Gasteiger partial charge is 0.252 e. The van der Waals surface area contributed by atoms with Crippen LogP contribution in [-0.2, 0) is 4.74 Å². The molecule has 1 aromatic rings. The Bertz CT molecular complexity index is 397. The molecule has 100 valence electrons. The van der Waals surface area contributed by atoms with Gasteiger partial charge >= 0.3 is 0 Å². The topological polar surface area (TPSA) is 38.3 Å². The van der Waals surface area contributed by atoms with Crippen LogP contribution < -0.4 is 5.32 Å². The Kier molecular flexibility index (Phi) is 7.54. The summed E-state index contributed by atoms with van der Waals surface area (Å²) in [7, 11) is 0. The maximum absolute atomic E-state index is 11.9. The van der Waals surface area contributed by atoms with Crippen molar-refractivity contribution in [2.75, 3.05) is 25.1 Å². The van der Waals surface area contributed by atoms with Crippen molar-refractivity contribution in [2.45, 2.75) is 13.3 Å². The molecule has 0 aliphatic carbocycles. The highest BCUT2D eigenvalue weighted by molar-refractivity contribution is 9.10. The van der Waals surface area contributed by atoms with Crippen LogP contribution in [0.15, 0.2) is 22.7 Å². The van der Waals surface area contributed by atoms with Crippen molar-refractivity contribution in [2.24, 2.45) is 0 Å². The molecule has 0 fully saturated rings. The second-order valence-corrected chi connectivity index (χ2v) is 5.54. The number of nitrogens with one attached hydrogen (secondary N) is 1.